The van der Waals surface area contributed by atoms with Gasteiger partial charge >= 0.3 is 5.97 Å². The van der Waals surface area contributed by atoms with Crippen LogP contribution in [0.1, 0.15) is 64.7 Å². The van der Waals surface area contributed by atoms with Gasteiger partial charge in [0.15, 0.2) is 13.2 Å². The average molecular weight is 503 g/mol. The SMILES string of the molecule is CCCCCCCCOC(=O)C[N+]1(CCNC(=O)COc2ccc(Cl)cc2Cl)CCCCC1. The number of carbonyl (C=O) groups excluding carboxylic acids is 2. The van der Waals surface area contributed by atoms with Gasteiger partial charge in [0.1, 0.15) is 5.75 Å². The monoisotopic (exact) mass is 501 g/mol. The molecular formula is C25H39Cl2N2O4+. The number of nitrogens with one attached hydrogen (secondary N) is 1. The van der Waals surface area contributed by atoms with Crippen LogP contribution in [-0.4, -0.2) is 62.3 Å². The number of unbranched alkanes of at least 4 members (excludes halogenated alkanes) is 5. The van der Waals surface area contributed by atoms with Gasteiger partial charge in [-0.3, -0.25) is 4.79 Å². The molecule has 0 atom stereocenters. The van der Waals surface area contributed by atoms with Gasteiger partial charge in [-0.1, -0.05) is 62.2 Å². The molecule has 1 saturated heterocycles. The van der Waals surface area contributed by atoms with Crippen LogP contribution >= 0.6 is 23.2 Å². The molecule has 186 valence electrons. The van der Waals surface area contributed by atoms with E-state index in [1.54, 1.807) is 18.2 Å². The first-order valence-corrected chi connectivity index (χ1v) is 13.0. The summed E-state index contributed by atoms with van der Waals surface area (Å²) in [7, 11) is 0. The van der Waals surface area contributed by atoms with Gasteiger partial charge in [-0.2, -0.15) is 0 Å². The smallest absolute Gasteiger partial charge is 0.361 e. The number of hydrogen-bond acceptors (Lipinski definition) is 4. The predicted molar refractivity (Wildman–Crippen MR) is 133 cm³/mol. The molecular weight excluding hydrogens is 463 g/mol. The van der Waals surface area contributed by atoms with E-state index in [9.17, 15) is 9.59 Å². The van der Waals surface area contributed by atoms with Crippen molar-refractivity contribution in [3.05, 3.63) is 28.2 Å². The second-order valence-electron chi connectivity index (χ2n) is 8.93. The molecule has 1 amide bonds. The van der Waals surface area contributed by atoms with Gasteiger partial charge in [-0.05, 0) is 43.9 Å². The normalized spacial score (nSPS) is 15.1. The molecule has 33 heavy (non-hydrogen) atoms. The van der Waals surface area contributed by atoms with E-state index in [-0.39, 0.29) is 18.5 Å². The second-order valence-corrected chi connectivity index (χ2v) is 9.78. The minimum absolute atomic E-state index is 0.123. The molecule has 0 saturated carbocycles. The van der Waals surface area contributed by atoms with Crippen molar-refractivity contribution in [2.75, 3.05) is 45.9 Å². The number of ether oxygens (including phenoxy) is 2. The molecule has 0 aromatic heterocycles. The number of piperidine rings is 1. The molecule has 1 heterocycles. The third kappa shape index (κ3) is 11.0. The van der Waals surface area contributed by atoms with Crippen LogP contribution in [0.25, 0.3) is 0 Å². The van der Waals surface area contributed by atoms with Gasteiger partial charge in [0.25, 0.3) is 5.91 Å². The Morgan fingerprint density at radius 2 is 1.76 bits per heavy atom. The molecule has 1 aromatic rings. The molecule has 1 N–H and O–H groups in total. The highest BCUT2D eigenvalue weighted by atomic mass is 35.5. The van der Waals surface area contributed by atoms with Crippen LogP contribution in [0, 0.1) is 0 Å². The van der Waals surface area contributed by atoms with Crippen LogP contribution in [0.5, 0.6) is 5.75 Å². The Hall–Kier alpha value is -1.50. The molecule has 1 aromatic carbocycles. The van der Waals surface area contributed by atoms with E-state index < -0.39 is 0 Å². The number of halogens is 2. The fourth-order valence-electron chi connectivity index (χ4n) is 4.25. The fourth-order valence-corrected chi connectivity index (χ4v) is 4.71. The van der Waals surface area contributed by atoms with Gasteiger partial charge in [-0.25, -0.2) is 4.79 Å². The number of nitrogens with zero attached hydrogens (tertiary/aromatic N) is 1. The zero-order chi connectivity index (χ0) is 23.9. The van der Waals surface area contributed by atoms with Gasteiger partial charge in [0, 0.05) is 5.02 Å². The Bertz CT molecular complexity index is 739. The predicted octanol–water partition coefficient (Wildman–Crippen LogP) is 5.39. The number of carbonyl (C=O) groups is 2. The van der Waals surface area contributed by atoms with Crippen molar-refractivity contribution in [3.63, 3.8) is 0 Å². The summed E-state index contributed by atoms with van der Waals surface area (Å²) in [5.74, 6) is 0.0724. The topological polar surface area (TPSA) is 64.6 Å². The van der Waals surface area contributed by atoms with Crippen molar-refractivity contribution < 1.29 is 23.5 Å². The summed E-state index contributed by atoms with van der Waals surface area (Å²) in [5, 5.41) is 3.78. The van der Waals surface area contributed by atoms with Gasteiger partial charge in [-0.15, -0.1) is 0 Å². The van der Waals surface area contributed by atoms with E-state index in [1.165, 1.54) is 32.1 Å². The third-order valence-corrected chi connectivity index (χ3v) is 6.68. The Labute approximate surface area is 208 Å². The lowest BCUT2D eigenvalue weighted by Crippen LogP contribution is -2.57. The van der Waals surface area contributed by atoms with Gasteiger partial charge in [0.2, 0.25) is 0 Å². The van der Waals surface area contributed by atoms with Crippen LogP contribution in [-0.2, 0) is 14.3 Å². The van der Waals surface area contributed by atoms with Crippen LogP contribution in [0.3, 0.4) is 0 Å². The van der Waals surface area contributed by atoms with Crippen molar-refractivity contribution in [2.45, 2.75) is 64.7 Å². The Kier molecular flexibility index (Phi) is 13.0. The van der Waals surface area contributed by atoms with Crippen molar-refractivity contribution in [2.24, 2.45) is 0 Å². The van der Waals surface area contributed by atoms with Gasteiger partial charge < -0.3 is 19.3 Å². The summed E-state index contributed by atoms with van der Waals surface area (Å²) < 4.78 is 11.7. The number of amides is 1. The molecule has 0 spiro atoms. The van der Waals surface area contributed by atoms with E-state index >= 15 is 0 Å². The molecule has 1 aliphatic rings. The van der Waals surface area contributed by atoms with E-state index in [0.29, 0.717) is 46.5 Å². The van der Waals surface area contributed by atoms with Gasteiger partial charge in [0.05, 0.1) is 37.8 Å². The maximum absolute atomic E-state index is 12.5. The summed E-state index contributed by atoms with van der Waals surface area (Å²) in [6, 6.07) is 4.88. The summed E-state index contributed by atoms with van der Waals surface area (Å²) in [6.45, 7) is 6.05. The third-order valence-electron chi connectivity index (χ3n) is 6.15. The van der Waals surface area contributed by atoms with Crippen LogP contribution in [0.4, 0.5) is 0 Å². The molecule has 0 radical (unpaired) electrons. The van der Waals surface area contributed by atoms with Crippen molar-refractivity contribution in [1.82, 2.24) is 5.32 Å². The Balaban J connectivity index is 1.70. The second kappa shape index (κ2) is 15.4. The lowest BCUT2D eigenvalue weighted by molar-refractivity contribution is -0.924. The lowest BCUT2D eigenvalue weighted by atomic mass is 10.1. The van der Waals surface area contributed by atoms with E-state index in [2.05, 4.69) is 12.2 Å². The van der Waals surface area contributed by atoms with Crippen LogP contribution < -0.4 is 10.1 Å². The first-order valence-electron chi connectivity index (χ1n) is 12.3. The number of esters is 1. The van der Waals surface area contributed by atoms with Crippen LogP contribution in [0.2, 0.25) is 10.0 Å². The highest BCUT2D eigenvalue weighted by molar-refractivity contribution is 6.35. The molecule has 2 rings (SSSR count). The molecule has 0 bridgehead atoms. The Morgan fingerprint density at radius 1 is 1.03 bits per heavy atom. The molecule has 8 heteroatoms. The highest BCUT2D eigenvalue weighted by Gasteiger charge is 2.33. The molecule has 1 aliphatic heterocycles. The number of likely N-dealkylation sites (tertiary alicyclic amines) is 1. The fraction of sp³-hybridized carbons (Fsp3) is 0.680. The first kappa shape index (κ1) is 27.7. The van der Waals surface area contributed by atoms with Crippen molar-refractivity contribution in [3.8, 4) is 5.75 Å². The van der Waals surface area contributed by atoms with E-state index in [4.69, 9.17) is 32.7 Å². The zero-order valence-electron chi connectivity index (χ0n) is 19.9. The van der Waals surface area contributed by atoms with E-state index in [0.717, 1.165) is 38.8 Å². The summed E-state index contributed by atoms with van der Waals surface area (Å²) in [4.78, 5) is 24.7. The maximum atomic E-state index is 12.5. The zero-order valence-corrected chi connectivity index (χ0v) is 21.4. The van der Waals surface area contributed by atoms with E-state index in [1.807, 2.05) is 0 Å². The number of quaternary nitrogens is 1. The van der Waals surface area contributed by atoms with Crippen LogP contribution in [0.15, 0.2) is 18.2 Å². The summed E-state index contributed by atoms with van der Waals surface area (Å²) >= 11 is 11.9. The quantitative estimate of drug-likeness (QED) is 0.198. The number of benzene rings is 1. The number of rotatable bonds is 15. The van der Waals surface area contributed by atoms with Crippen molar-refractivity contribution >= 4 is 35.1 Å². The highest BCUT2D eigenvalue weighted by Crippen LogP contribution is 2.27. The van der Waals surface area contributed by atoms with Crippen molar-refractivity contribution in [1.29, 1.82) is 0 Å². The first-order chi connectivity index (χ1) is 15.9. The minimum Gasteiger partial charge on any atom is -0.482 e. The molecule has 1 fully saturated rings. The standard InChI is InChI=1S/C25H38Cl2N2O4/c1-2-3-4-5-6-10-17-32-25(31)19-29(14-8-7-9-15-29)16-13-28-24(30)20-33-23-12-11-21(26)18-22(23)27/h11-12,18H,2-10,13-17,19-20H2,1H3/p+1. The lowest BCUT2D eigenvalue weighted by Gasteiger charge is -2.40. The molecule has 0 unspecified atom stereocenters. The maximum Gasteiger partial charge on any atom is 0.361 e. The minimum atomic E-state index is -0.221. The average Bonchev–Trinajstić information content (AvgIpc) is 2.78. The largest absolute Gasteiger partial charge is 0.482 e. The summed E-state index contributed by atoms with van der Waals surface area (Å²) in [5.41, 5.74) is 0. The Morgan fingerprint density at radius 3 is 2.48 bits per heavy atom. The molecule has 0 aliphatic carbocycles. The molecule has 6 nitrogen and oxygen atoms in total. The summed E-state index contributed by atoms with van der Waals surface area (Å²) in [6.07, 6.45) is 10.4. The number of hydrogen-bond donors (Lipinski definition) is 1.